The minimum Gasteiger partial charge on any atom is -0.309 e. The van der Waals surface area contributed by atoms with Gasteiger partial charge in [-0.25, -0.2) is 15.0 Å². The van der Waals surface area contributed by atoms with Crippen LogP contribution < -0.4 is 0 Å². The summed E-state index contributed by atoms with van der Waals surface area (Å²) in [4.78, 5) is 14.9. The summed E-state index contributed by atoms with van der Waals surface area (Å²) in [6.07, 6.45) is 0. The molecule has 0 N–H and O–H groups in total. The molecule has 5 nitrogen and oxygen atoms in total. The fraction of sp³-hybridized carbons (Fsp3) is 0.0800. The first-order valence-corrected chi connectivity index (χ1v) is 18.5. The van der Waals surface area contributed by atoms with Crippen LogP contribution in [0.3, 0.4) is 0 Å². The molecule has 2 heterocycles. The predicted octanol–water partition coefficient (Wildman–Crippen LogP) is 12.4. The normalized spacial score (nSPS) is 11.3. The van der Waals surface area contributed by atoms with E-state index < -0.39 is 0 Å². The van der Waals surface area contributed by atoms with Gasteiger partial charge in [0.15, 0.2) is 17.5 Å². The van der Waals surface area contributed by atoms with Crippen LogP contribution in [-0.2, 0) is 0 Å². The first-order valence-electron chi connectivity index (χ1n) is 18.5. The SMILES string of the molecule is Cc1ccc(-c2ccc3c(c2)c2cc(-c4ccc(C)cc4C)ccc2n3-c2ccc(C#N)c(-c3nc(-c4ccccc4)nc(-c4ccccc4)n3)c2)c(C)c1. The smallest absolute Gasteiger partial charge is 0.165 e. The van der Waals surface area contributed by atoms with Gasteiger partial charge in [-0.15, -0.1) is 0 Å². The van der Waals surface area contributed by atoms with Crippen LogP contribution in [0.25, 0.3) is 83.9 Å². The number of fused-ring (bicyclic) bond motifs is 3. The van der Waals surface area contributed by atoms with E-state index in [0.717, 1.165) is 38.6 Å². The fourth-order valence-electron chi connectivity index (χ4n) is 7.79. The maximum atomic E-state index is 10.4. The summed E-state index contributed by atoms with van der Waals surface area (Å²) in [5.41, 5.74) is 15.7. The monoisotopic (exact) mass is 707 g/mol. The Labute approximate surface area is 320 Å². The Bertz CT molecular complexity index is 2800. The Hall–Kier alpha value is -7.16. The molecule has 262 valence electrons. The zero-order valence-electron chi connectivity index (χ0n) is 31.2. The average Bonchev–Trinajstić information content (AvgIpc) is 3.54. The Balaban J connectivity index is 1.28. The fourth-order valence-corrected chi connectivity index (χ4v) is 7.79. The van der Waals surface area contributed by atoms with E-state index in [1.54, 1.807) is 0 Å². The zero-order valence-corrected chi connectivity index (χ0v) is 31.2. The number of aromatic nitrogens is 4. The molecule has 0 aliphatic rings. The van der Waals surface area contributed by atoms with Gasteiger partial charge in [0.25, 0.3) is 0 Å². The lowest BCUT2D eigenvalue weighted by molar-refractivity contribution is 1.07. The van der Waals surface area contributed by atoms with E-state index in [4.69, 9.17) is 15.0 Å². The van der Waals surface area contributed by atoms with Crippen LogP contribution in [0.15, 0.2) is 152 Å². The van der Waals surface area contributed by atoms with Crippen molar-refractivity contribution < 1.29 is 0 Å². The van der Waals surface area contributed by atoms with Crippen molar-refractivity contribution in [2.45, 2.75) is 27.7 Å². The van der Waals surface area contributed by atoms with Gasteiger partial charge in [0.1, 0.15) is 0 Å². The van der Waals surface area contributed by atoms with Gasteiger partial charge >= 0.3 is 0 Å². The van der Waals surface area contributed by atoms with Crippen molar-refractivity contribution in [2.24, 2.45) is 0 Å². The van der Waals surface area contributed by atoms with E-state index in [2.05, 4.69) is 111 Å². The van der Waals surface area contributed by atoms with Crippen molar-refractivity contribution in [2.75, 3.05) is 0 Å². The highest BCUT2D eigenvalue weighted by atomic mass is 15.0. The van der Waals surface area contributed by atoms with Crippen molar-refractivity contribution in [3.05, 3.63) is 179 Å². The van der Waals surface area contributed by atoms with E-state index in [-0.39, 0.29) is 0 Å². The molecule has 2 aromatic heterocycles. The lowest BCUT2D eigenvalue weighted by Crippen LogP contribution is -2.02. The number of aryl methyl sites for hydroxylation is 4. The number of benzene rings is 7. The molecule has 55 heavy (non-hydrogen) atoms. The first kappa shape index (κ1) is 33.7. The van der Waals surface area contributed by atoms with Crippen LogP contribution in [-0.4, -0.2) is 19.5 Å². The average molecular weight is 708 g/mol. The molecule has 9 aromatic rings. The third-order valence-corrected chi connectivity index (χ3v) is 10.5. The van der Waals surface area contributed by atoms with E-state index in [9.17, 15) is 5.26 Å². The van der Waals surface area contributed by atoms with Gasteiger partial charge in [0.05, 0.1) is 22.7 Å². The summed E-state index contributed by atoms with van der Waals surface area (Å²) in [7, 11) is 0. The largest absolute Gasteiger partial charge is 0.309 e. The topological polar surface area (TPSA) is 67.4 Å². The molecule has 0 radical (unpaired) electrons. The molecule has 0 aliphatic heterocycles. The Morgan fingerprint density at radius 2 is 0.927 bits per heavy atom. The summed E-state index contributed by atoms with van der Waals surface area (Å²) >= 11 is 0. The van der Waals surface area contributed by atoms with Crippen molar-refractivity contribution in [1.82, 2.24) is 19.5 Å². The Kier molecular flexibility index (Phi) is 8.37. The summed E-state index contributed by atoms with van der Waals surface area (Å²) in [6.45, 7) is 8.63. The van der Waals surface area contributed by atoms with Crippen molar-refractivity contribution in [3.8, 4) is 68.2 Å². The Morgan fingerprint density at radius 3 is 1.40 bits per heavy atom. The molecular weight excluding hydrogens is 671 g/mol. The number of hydrogen-bond donors (Lipinski definition) is 0. The van der Waals surface area contributed by atoms with Crippen molar-refractivity contribution in [1.29, 1.82) is 5.26 Å². The molecule has 0 amide bonds. The maximum absolute atomic E-state index is 10.4. The minimum atomic E-state index is 0.445. The highest BCUT2D eigenvalue weighted by Crippen LogP contribution is 2.39. The molecule has 7 aromatic carbocycles. The molecule has 5 heteroatoms. The molecule has 0 bridgehead atoms. The summed E-state index contributed by atoms with van der Waals surface area (Å²) < 4.78 is 2.30. The summed E-state index contributed by atoms with van der Waals surface area (Å²) in [5, 5.41) is 12.8. The van der Waals surface area contributed by atoms with E-state index in [0.29, 0.717) is 28.6 Å². The van der Waals surface area contributed by atoms with Crippen LogP contribution in [0.2, 0.25) is 0 Å². The second-order valence-electron chi connectivity index (χ2n) is 14.3. The lowest BCUT2D eigenvalue weighted by Gasteiger charge is -2.13. The van der Waals surface area contributed by atoms with Crippen LogP contribution >= 0.6 is 0 Å². The van der Waals surface area contributed by atoms with Gasteiger partial charge < -0.3 is 4.57 Å². The maximum Gasteiger partial charge on any atom is 0.165 e. The highest BCUT2D eigenvalue weighted by molar-refractivity contribution is 6.12. The van der Waals surface area contributed by atoms with Gasteiger partial charge in [0.2, 0.25) is 0 Å². The highest BCUT2D eigenvalue weighted by Gasteiger charge is 2.20. The third kappa shape index (κ3) is 6.14. The summed E-state index contributed by atoms with van der Waals surface area (Å²) in [5.74, 6) is 1.54. The summed E-state index contributed by atoms with van der Waals surface area (Å²) in [6, 6.07) is 55.0. The molecule has 0 aliphatic carbocycles. The van der Waals surface area contributed by atoms with Crippen LogP contribution in [0, 0.1) is 39.0 Å². The van der Waals surface area contributed by atoms with Gasteiger partial charge in [-0.3, -0.25) is 0 Å². The first-order chi connectivity index (χ1) is 26.8. The molecule has 9 rings (SSSR count). The third-order valence-electron chi connectivity index (χ3n) is 10.5. The van der Waals surface area contributed by atoms with Crippen LogP contribution in [0.5, 0.6) is 0 Å². The van der Waals surface area contributed by atoms with Crippen molar-refractivity contribution >= 4 is 21.8 Å². The molecule has 0 atom stereocenters. The lowest BCUT2D eigenvalue weighted by atomic mass is 9.95. The number of nitrogens with zero attached hydrogens (tertiary/aromatic N) is 5. The molecular formula is C50H37N5. The molecule has 0 saturated heterocycles. The minimum absolute atomic E-state index is 0.445. The van der Waals surface area contributed by atoms with Crippen LogP contribution in [0.1, 0.15) is 27.8 Å². The van der Waals surface area contributed by atoms with Gasteiger partial charge in [-0.1, -0.05) is 120 Å². The van der Waals surface area contributed by atoms with Gasteiger partial charge in [0, 0.05) is 33.2 Å². The quantitative estimate of drug-likeness (QED) is 0.173. The van der Waals surface area contributed by atoms with E-state index >= 15 is 0 Å². The van der Waals surface area contributed by atoms with Crippen molar-refractivity contribution in [3.63, 3.8) is 0 Å². The van der Waals surface area contributed by atoms with Gasteiger partial charge in [-0.2, -0.15) is 5.26 Å². The Morgan fingerprint density at radius 1 is 0.436 bits per heavy atom. The van der Waals surface area contributed by atoms with E-state index in [1.165, 1.54) is 44.5 Å². The standard InChI is InChI=1S/C50H37N5/c1-31-15-21-41(33(3)25-31)37-18-23-46-44(27-37)45-28-38(42-22-16-32(2)26-34(42)4)19-24-47(45)55(46)40-20-17-39(30-51)43(29-40)50-53-48(35-11-7-5-8-12-35)52-49(54-50)36-13-9-6-10-14-36/h5-29H,1-4H3. The second-order valence-corrected chi connectivity index (χ2v) is 14.3. The number of rotatable bonds is 6. The van der Waals surface area contributed by atoms with Crippen LogP contribution in [0.4, 0.5) is 0 Å². The zero-order chi connectivity index (χ0) is 37.6. The molecule has 0 fully saturated rings. The van der Waals surface area contributed by atoms with E-state index in [1.807, 2.05) is 78.9 Å². The molecule has 0 unspecified atom stereocenters. The van der Waals surface area contributed by atoms with Gasteiger partial charge in [-0.05, 0) is 104 Å². The predicted molar refractivity (Wildman–Crippen MR) is 225 cm³/mol. The second kappa shape index (κ2) is 13.7. The molecule has 0 saturated carbocycles. The number of hydrogen-bond acceptors (Lipinski definition) is 4. The molecule has 0 spiro atoms. The number of nitriles is 1.